The van der Waals surface area contributed by atoms with Gasteiger partial charge in [0.05, 0.1) is 5.69 Å². The van der Waals surface area contributed by atoms with Crippen LogP contribution in [0.2, 0.25) is 0 Å². The molecule has 0 amide bonds. The van der Waals surface area contributed by atoms with E-state index < -0.39 is 0 Å². The molecule has 0 aromatic heterocycles. The highest BCUT2D eigenvalue weighted by atomic mass is 16.3. The minimum atomic E-state index is 0.243. The minimum absolute atomic E-state index is 0.243. The van der Waals surface area contributed by atoms with Gasteiger partial charge in [0.15, 0.2) is 0 Å². The Morgan fingerprint density at radius 2 is 2.20 bits per heavy atom. The molecule has 0 atom stereocenters. The number of aryl methyl sites for hydroxylation is 1. The molecule has 0 aliphatic carbocycles. The predicted molar refractivity (Wildman–Crippen MR) is 37.7 cm³/mol. The third kappa shape index (κ3) is 1.13. The molecule has 0 saturated heterocycles. The second-order valence-electron chi connectivity index (χ2n) is 2.08. The first kappa shape index (κ1) is 6.74. The van der Waals surface area contributed by atoms with Gasteiger partial charge in [-0.3, -0.25) is 0 Å². The fourth-order valence-corrected chi connectivity index (χ4v) is 0.709. The molecular formula is C7H8N2O. The number of benzene rings is 1. The lowest BCUT2D eigenvalue weighted by molar-refractivity contribution is 0.471. The van der Waals surface area contributed by atoms with Crippen LogP contribution in [-0.4, -0.2) is 5.11 Å². The molecule has 0 fully saturated rings. The van der Waals surface area contributed by atoms with Crippen molar-refractivity contribution in [3.05, 3.63) is 23.8 Å². The fourth-order valence-electron chi connectivity index (χ4n) is 0.709. The third-order valence-corrected chi connectivity index (χ3v) is 1.31. The van der Waals surface area contributed by atoms with Crippen LogP contribution in [0, 0.1) is 12.5 Å². The first-order valence-electron chi connectivity index (χ1n) is 2.91. The number of rotatable bonds is 1. The molecule has 1 rings (SSSR count). The summed E-state index contributed by atoms with van der Waals surface area (Å²) >= 11 is 0. The summed E-state index contributed by atoms with van der Waals surface area (Å²) in [5, 5.41) is 12.2. The standard InChI is InChI=1S/C7H8N2O/c1-5-4-6(9-8)2-3-7(5)10/h2-4,8,10H,1H3. The van der Waals surface area contributed by atoms with E-state index in [0.717, 1.165) is 5.56 Å². The zero-order valence-corrected chi connectivity index (χ0v) is 5.63. The first-order valence-corrected chi connectivity index (χ1v) is 2.91. The Kier molecular flexibility index (Phi) is 1.67. The van der Waals surface area contributed by atoms with E-state index in [-0.39, 0.29) is 5.75 Å². The van der Waals surface area contributed by atoms with E-state index in [9.17, 15) is 0 Å². The Labute approximate surface area is 58.8 Å². The molecule has 0 radical (unpaired) electrons. The largest absolute Gasteiger partial charge is 0.508 e. The van der Waals surface area contributed by atoms with Crippen molar-refractivity contribution in [2.75, 3.05) is 0 Å². The Balaban J connectivity index is 3.16. The van der Waals surface area contributed by atoms with Gasteiger partial charge in [-0.15, -0.1) is 0 Å². The zero-order chi connectivity index (χ0) is 7.56. The molecular weight excluding hydrogens is 128 g/mol. The van der Waals surface area contributed by atoms with Gasteiger partial charge in [-0.05, 0) is 30.7 Å². The molecule has 0 aliphatic heterocycles. The molecule has 0 unspecified atom stereocenters. The van der Waals surface area contributed by atoms with Crippen molar-refractivity contribution in [3.8, 4) is 5.75 Å². The molecule has 3 nitrogen and oxygen atoms in total. The lowest BCUT2D eigenvalue weighted by Crippen LogP contribution is -1.71. The molecule has 52 valence electrons. The van der Waals surface area contributed by atoms with Crippen LogP contribution in [0.15, 0.2) is 23.3 Å². The van der Waals surface area contributed by atoms with Crippen LogP contribution < -0.4 is 0 Å². The molecule has 0 saturated carbocycles. The van der Waals surface area contributed by atoms with Gasteiger partial charge in [0.1, 0.15) is 5.75 Å². The number of nitrogens with one attached hydrogen (secondary N) is 1. The molecule has 0 aliphatic rings. The summed E-state index contributed by atoms with van der Waals surface area (Å²) in [6.07, 6.45) is 0. The van der Waals surface area contributed by atoms with Crippen LogP contribution in [0.4, 0.5) is 5.69 Å². The van der Waals surface area contributed by atoms with Crippen molar-refractivity contribution in [2.45, 2.75) is 6.92 Å². The van der Waals surface area contributed by atoms with Crippen LogP contribution >= 0.6 is 0 Å². The SMILES string of the molecule is Cc1cc(N=N)ccc1O. The quantitative estimate of drug-likeness (QED) is 0.572. The van der Waals surface area contributed by atoms with Gasteiger partial charge in [-0.2, -0.15) is 5.11 Å². The summed E-state index contributed by atoms with van der Waals surface area (Å²) in [7, 11) is 0. The van der Waals surface area contributed by atoms with Gasteiger partial charge in [-0.1, -0.05) is 0 Å². The van der Waals surface area contributed by atoms with Gasteiger partial charge >= 0.3 is 0 Å². The van der Waals surface area contributed by atoms with Crippen LogP contribution in [0.1, 0.15) is 5.56 Å². The van der Waals surface area contributed by atoms with E-state index in [2.05, 4.69) is 5.11 Å². The van der Waals surface area contributed by atoms with Crippen LogP contribution in [0.5, 0.6) is 5.75 Å². The van der Waals surface area contributed by atoms with E-state index in [1.165, 1.54) is 6.07 Å². The van der Waals surface area contributed by atoms with Crippen molar-refractivity contribution >= 4 is 5.69 Å². The van der Waals surface area contributed by atoms with E-state index in [1.54, 1.807) is 19.1 Å². The van der Waals surface area contributed by atoms with E-state index in [0.29, 0.717) is 5.69 Å². The van der Waals surface area contributed by atoms with E-state index in [1.807, 2.05) is 0 Å². The van der Waals surface area contributed by atoms with Gasteiger partial charge in [0.25, 0.3) is 0 Å². The van der Waals surface area contributed by atoms with Crippen LogP contribution in [0.3, 0.4) is 0 Å². The highest BCUT2D eigenvalue weighted by molar-refractivity contribution is 5.45. The van der Waals surface area contributed by atoms with Crippen LogP contribution in [0.25, 0.3) is 0 Å². The van der Waals surface area contributed by atoms with Crippen molar-refractivity contribution in [1.29, 1.82) is 5.53 Å². The normalized spacial score (nSPS) is 9.30. The smallest absolute Gasteiger partial charge is 0.118 e. The number of nitrogens with zero attached hydrogens (tertiary/aromatic N) is 1. The molecule has 0 heterocycles. The van der Waals surface area contributed by atoms with E-state index >= 15 is 0 Å². The molecule has 2 N–H and O–H groups in total. The Morgan fingerprint density at radius 3 is 2.70 bits per heavy atom. The third-order valence-electron chi connectivity index (χ3n) is 1.31. The summed E-state index contributed by atoms with van der Waals surface area (Å²) in [6.45, 7) is 1.77. The Hall–Kier alpha value is -1.38. The lowest BCUT2D eigenvalue weighted by atomic mass is 10.2. The van der Waals surface area contributed by atoms with Gasteiger partial charge in [-0.25, -0.2) is 5.53 Å². The predicted octanol–water partition coefficient (Wildman–Crippen LogP) is 2.36. The van der Waals surface area contributed by atoms with Gasteiger partial charge < -0.3 is 5.11 Å². The number of hydrogen-bond acceptors (Lipinski definition) is 3. The summed E-state index contributed by atoms with van der Waals surface area (Å²) < 4.78 is 0. The summed E-state index contributed by atoms with van der Waals surface area (Å²) in [5.74, 6) is 0.243. The maximum atomic E-state index is 9.04. The van der Waals surface area contributed by atoms with E-state index in [4.69, 9.17) is 10.6 Å². The average molecular weight is 136 g/mol. The molecule has 1 aromatic carbocycles. The van der Waals surface area contributed by atoms with Gasteiger partial charge in [0, 0.05) is 0 Å². The zero-order valence-electron chi connectivity index (χ0n) is 5.63. The number of phenols is 1. The van der Waals surface area contributed by atoms with Gasteiger partial charge in [0.2, 0.25) is 0 Å². The number of aromatic hydroxyl groups is 1. The summed E-state index contributed by atoms with van der Waals surface area (Å²) in [6, 6.07) is 4.78. The summed E-state index contributed by atoms with van der Waals surface area (Å²) in [4.78, 5) is 0. The molecule has 10 heavy (non-hydrogen) atoms. The molecule has 0 bridgehead atoms. The maximum Gasteiger partial charge on any atom is 0.118 e. The minimum Gasteiger partial charge on any atom is -0.508 e. The van der Waals surface area contributed by atoms with Crippen LogP contribution in [-0.2, 0) is 0 Å². The lowest BCUT2D eigenvalue weighted by Gasteiger charge is -1.96. The Morgan fingerprint density at radius 1 is 1.50 bits per heavy atom. The topological polar surface area (TPSA) is 56.4 Å². The number of phenolic OH excluding ortho intramolecular Hbond substituents is 1. The second-order valence-corrected chi connectivity index (χ2v) is 2.08. The summed E-state index contributed by atoms with van der Waals surface area (Å²) in [5.41, 5.74) is 7.96. The molecule has 3 heteroatoms. The second kappa shape index (κ2) is 2.47. The first-order chi connectivity index (χ1) is 4.74. The number of hydrogen-bond donors (Lipinski definition) is 2. The van der Waals surface area contributed by atoms with Crippen molar-refractivity contribution < 1.29 is 5.11 Å². The highest BCUT2D eigenvalue weighted by Crippen LogP contribution is 2.21. The molecule has 0 spiro atoms. The monoisotopic (exact) mass is 136 g/mol. The van der Waals surface area contributed by atoms with Crippen molar-refractivity contribution in [3.63, 3.8) is 0 Å². The highest BCUT2D eigenvalue weighted by Gasteiger charge is 1.94. The molecule has 1 aromatic rings. The Bertz CT molecular complexity index is 258. The van der Waals surface area contributed by atoms with Crippen molar-refractivity contribution in [2.24, 2.45) is 5.11 Å². The average Bonchev–Trinajstić information content (AvgIpc) is 1.95. The van der Waals surface area contributed by atoms with Crippen molar-refractivity contribution in [1.82, 2.24) is 0 Å². The fraction of sp³-hybridized carbons (Fsp3) is 0.143. The maximum absolute atomic E-state index is 9.04.